The topological polar surface area (TPSA) is 348 Å². The molecule has 0 radical (unpaired) electrons. The summed E-state index contributed by atoms with van der Waals surface area (Å²) < 4.78 is 200. The van der Waals surface area contributed by atoms with Gasteiger partial charge >= 0.3 is 197 Å². The third-order valence-corrected chi connectivity index (χ3v) is 4.19. The molecule has 3 rings (SSSR count). The average Bonchev–Trinajstić information content (AvgIpc) is 3.09. The molecule has 0 aromatic heterocycles. The van der Waals surface area contributed by atoms with Crippen molar-refractivity contribution in [3.63, 3.8) is 0 Å². The molecule has 2 aromatic rings. The number of nitrogens with zero attached hydrogens (tertiary/aromatic N) is 1. The number of hydrogen-bond acceptors (Lipinski definition) is 8. The SMILES string of the molecule is Clc1ccc2c(c1)N(Cc1ccccc1)CS2.[O]=[Sb]([OH])([OH])[F].[O]=[Sb]([OH])([OH])[F].[O]=[Sb]([OH])([OH])[F].[O]=[Sb]([OH])([OH])[F].[O]=[Sb]([OH])([OH])[F].[O]=[Sb]([OH])([OH])[F]. The summed E-state index contributed by atoms with van der Waals surface area (Å²) in [4.78, 5) is 3.69. The van der Waals surface area contributed by atoms with Crippen LogP contribution in [0.3, 0.4) is 0 Å². The predicted molar refractivity (Wildman–Crippen MR) is 147 cm³/mol. The van der Waals surface area contributed by atoms with Crippen molar-refractivity contribution in [1.29, 1.82) is 0 Å². The van der Waals surface area contributed by atoms with E-state index in [9.17, 15) is 16.9 Å². The molecule has 0 spiro atoms. The van der Waals surface area contributed by atoms with Crippen molar-refractivity contribution in [3.05, 3.63) is 59.1 Å². The van der Waals surface area contributed by atoms with Gasteiger partial charge in [0, 0.05) is 16.5 Å². The Morgan fingerprint density at radius 3 is 1.17 bits per heavy atom. The zero-order valence-electron chi connectivity index (χ0n) is 22.0. The third kappa shape index (κ3) is 78.2. The van der Waals surface area contributed by atoms with Crippen LogP contribution in [0.4, 0.5) is 22.6 Å². The van der Waals surface area contributed by atoms with Crippen LogP contribution in [0.2, 0.25) is 5.02 Å². The summed E-state index contributed by atoms with van der Waals surface area (Å²) in [5.74, 6) is 1.00. The molecule has 0 amide bonds. The number of thioether (sulfide) groups is 1. The van der Waals surface area contributed by atoms with Crippen LogP contribution in [0.1, 0.15) is 5.56 Å². The first-order chi connectivity index (χ1) is 20.3. The zero-order chi connectivity index (χ0) is 38.7. The van der Waals surface area contributed by atoms with Gasteiger partial charge < -0.3 is 4.90 Å². The first-order valence-corrected chi connectivity index (χ1v) is 37.2. The molecule has 12 N–H and O–H groups in total. The van der Waals surface area contributed by atoms with E-state index >= 15 is 0 Å². The molecule has 0 atom stereocenters. The molecule has 0 saturated heterocycles. The molecule has 1 aliphatic rings. The fourth-order valence-electron chi connectivity index (χ4n) is 2.01. The summed E-state index contributed by atoms with van der Waals surface area (Å²) in [6.45, 7) is 0.946. The minimum absolute atomic E-state index is 0.810. The molecule has 19 nitrogen and oxygen atoms in total. The number of anilines is 1. The van der Waals surface area contributed by atoms with Crippen LogP contribution in [0.15, 0.2) is 53.4 Å². The van der Waals surface area contributed by atoms with Crippen molar-refractivity contribution in [3.8, 4) is 0 Å². The number of hydrogen-bond donors (Lipinski definition) is 12. The van der Waals surface area contributed by atoms with E-state index in [1.165, 1.54) is 16.1 Å². The Balaban J connectivity index is -0.000000259. The first kappa shape index (κ1) is 55.4. The second-order valence-corrected chi connectivity index (χ2v) is 24.5. The van der Waals surface area contributed by atoms with Crippen LogP contribution in [0.25, 0.3) is 0 Å². The first-order valence-electron chi connectivity index (χ1n) is 10.0. The second-order valence-electron chi connectivity index (χ2n) is 6.91. The minimum atomic E-state index is -5.85. The Morgan fingerprint density at radius 1 is 0.574 bits per heavy atom. The van der Waals surface area contributed by atoms with Gasteiger partial charge in [-0.25, -0.2) is 0 Å². The summed E-state index contributed by atoms with van der Waals surface area (Å²) in [6, 6.07) is 16.6. The van der Waals surface area contributed by atoms with Gasteiger partial charge in [-0.2, -0.15) is 0 Å². The second kappa shape index (κ2) is 25.6. The van der Waals surface area contributed by atoms with Gasteiger partial charge in [0.1, 0.15) is 0 Å². The van der Waals surface area contributed by atoms with Crippen molar-refractivity contribution < 1.29 is 75.6 Å². The summed E-state index contributed by atoms with van der Waals surface area (Å²) in [6.07, 6.45) is 0. The number of rotatable bonds is 2. The van der Waals surface area contributed by atoms with Crippen LogP contribution >= 0.6 is 23.4 Å². The normalized spacial score (nSPS) is 12.5. The number of fused-ring (bicyclic) bond motifs is 1. The van der Waals surface area contributed by atoms with E-state index in [-0.39, 0.29) is 0 Å². The van der Waals surface area contributed by atoms with E-state index in [1.807, 2.05) is 23.9 Å². The maximum absolute atomic E-state index is 10.4. The Hall–Kier alpha value is 1.69. The molecule has 0 aliphatic carbocycles. The van der Waals surface area contributed by atoms with Crippen molar-refractivity contribution in [2.24, 2.45) is 0 Å². The van der Waals surface area contributed by atoms with Crippen LogP contribution in [-0.4, -0.2) is 168 Å². The van der Waals surface area contributed by atoms with Crippen LogP contribution in [-0.2, 0) is 24.6 Å². The van der Waals surface area contributed by atoms with Gasteiger partial charge in [-0.15, -0.1) is 11.8 Å². The molecule has 0 unspecified atom stereocenters. The fourth-order valence-corrected chi connectivity index (χ4v) is 3.20. The summed E-state index contributed by atoms with van der Waals surface area (Å²) >= 11 is -27.2. The van der Waals surface area contributed by atoms with Crippen molar-refractivity contribution in [1.82, 2.24) is 0 Å². The van der Waals surface area contributed by atoms with E-state index in [1.54, 1.807) is 0 Å². The molecular formula is C14H24ClF6NO18SSb6. The molecule has 47 heavy (non-hydrogen) atoms. The molecule has 0 bridgehead atoms. The summed E-state index contributed by atoms with van der Waals surface area (Å²) in [5.41, 5.74) is 2.59. The Morgan fingerprint density at radius 2 is 0.872 bits per heavy atom. The van der Waals surface area contributed by atoms with E-state index in [0.717, 1.165) is 17.4 Å². The summed E-state index contributed by atoms with van der Waals surface area (Å²) in [7, 11) is 0. The van der Waals surface area contributed by atoms with Gasteiger partial charge in [0.25, 0.3) is 0 Å². The molecule has 278 valence electrons. The Bertz CT molecular complexity index is 1260. The van der Waals surface area contributed by atoms with E-state index in [0.29, 0.717) is 0 Å². The summed E-state index contributed by atoms with van der Waals surface area (Å²) in [5, 5.41) is 0.810. The molecule has 1 aliphatic heterocycles. The molecule has 1 heterocycles. The standard InChI is InChI=1S/C14H12ClNS.6FH.12H2O.6O.6Sb/c15-12-6-7-14-13(8-12)16(10-17-14)9-11-4-2-1-3-5-11;;;;;;;;;;;;;;;;;;;;;;;;;;;;;;/h1-8H,9-10H2;6*1H;12*1H2;;;;;;;;;;;;/q;;;;;;;;;;;;;;;;;;;;;;;;;6*+3/p-18. The van der Waals surface area contributed by atoms with Gasteiger partial charge in [0.2, 0.25) is 0 Å². The average molecular weight is 1410 g/mol. The molecule has 0 fully saturated rings. The monoisotopic (exact) mass is 1400 g/mol. The third-order valence-electron chi connectivity index (χ3n) is 2.85. The van der Waals surface area contributed by atoms with Crippen molar-refractivity contribution in [2.45, 2.75) is 11.4 Å². The number of halogens is 7. The zero-order valence-corrected chi connectivity index (χ0v) is 38.9. The van der Waals surface area contributed by atoms with Crippen LogP contribution in [0.5, 0.6) is 0 Å². The molecule has 2 aromatic carbocycles. The van der Waals surface area contributed by atoms with Crippen LogP contribution in [0, 0.1) is 0 Å². The quantitative estimate of drug-likeness (QED) is 0.107. The van der Waals surface area contributed by atoms with E-state index in [2.05, 4.69) is 41.3 Å². The molecular weight excluding hydrogens is 1380 g/mol. The predicted octanol–water partition coefficient (Wildman–Crippen LogP) is -2.75. The van der Waals surface area contributed by atoms with Gasteiger partial charge in [-0.3, -0.25) is 0 Å². The van der Waals surface area contributed by atoms with Gasteiger partial charge in [-0.1, -0.05) is 41.9 Å². The molecule has 0 saturated carbocycles. The van der Waals surface area contributed by atoms with Crippen molar-refractivity contribution in [2.75, 3.05) is 10.8 Å². The van der Waals surface area contributed by atoms with E-state index in [4.69, 9.17) is 70.3 Å². The Labute approximate surface area is 302 Å². The van der Waals surface area contributed by atoms with E-state index < -0.39 is 121 Å². The Kier molecular flexibility index (Phi) is 30.2. The van der Waals surface area contributed by atoms with Crippen LogP contribution < -0.4 is 4.90 Å². The maximum atomic E-state index is 10.4. The van der Waals surface area contributed by atoms with Gasteiger partial charge in [0.05, 0.1) is 11.6 Å². The van der Waals surface area contributed by atoms with Gasteiger partial charge in [-0.05, 0) is 23.8 Å². The van der Waals surface area contributed by atoms with Gasteiger partial charge in [0.15, 0.2) is 0 Å². The fraction of sp³-hybridized carbons (Fsp3) is 0.143. The molecule has 33 heteroatoms. The number of benzene rings is 2. The van der Waals surface area contributed by atoms with Crippen molar-refractivity contribution >= 4 is 150 Å².